The zero-order valence-corrected chi connectivity index (χ0v) is 22.8. The summed E-state index contributed by atoms with van der Waals surface area (Å²) in [5.41, 5.74) is 2.16. The van der Waals surface area contributed by atoms with Gasteiger partial charge in [0.05, 0.1) is 10.6 Å². The number of sulfonamides is 1. The quantitative estimate of drug-likeness (QED) is 0.286. The molecule has 0 amide bonds. The van der Waals surface area contributed by atoms with Crippen molar-refractivity contribution in [1.29, 1.82) is 0 Å². The molecule has 2 aliphatic heterocycles. The molecule has 5 rings (SSSR count). The van der Waals surface area contributed by atoms with E-state index in [1.807, 2.05) is 6.07 Å². The number of halogens is 3. The van der Waals surface area contributed by atoms with Gasteiger partial charge in [-0.3, -0.25) is 4.90 Å². The molecule has 0 atom stereocenters. The maximum atomic E-state index is 12.9. The molecule has 0 saturated carbocycles. The third kappa shape index (κ3) is 6.10. The first-order valence-corrected chi connectivity index (χ1v) is 13.7. The Balaban J connectivity index is 0.00000320. The van der Waals surface area contributed by atoms with Crippen molar-refractivity contribution in [3.63, 3.8) is 0 Å². The number of benzene rings is 3. The summed E-state index contributed by atoms with van der Waals surface area (Å²) in [6.07, 6.45) is 3.42. The molecular weight excluding hydrogens is 557 g/mol. The Morgan fingerprint density at radius 3 is 2.51 bits per heavy atom. The second-order valence-corrected chi connectivity index (χ2v) is 11.1. The molecule has 0 unspecified atom stereocenters. The first-order valence-electron chi connectivity index (χ1n) is 11.5. The zero-order valence-electron chi connectivity index (χ0n) is 19.6. The highest BCUT2D eigenvalue weighted by molar-refractivity contribution is 7.90. The largest absolute Gasteiger partial charge is 0.423 e. The van der Waals surface area contributed by atoms with Gasteiger partial charge in [0.15, 0.2) is 5.84 Å². The molecule has 0 bridgehead atoms. The van der Waals surface area contributed by atoms with Crippen LogP contribution in [-0.2, 0) is 16.6 Å². The summed E-state index contributed by atoms with van der Waals surface area (Å²) in [5, 5.41) is 3.77. The number of nitrogens with one attached hydrogen (secondary N) is 1. The topological polar surface area (TPSA) is 88.1 Å². The van der Waals surface area contributed by atoms with Crippen molar-refractivity contribution in [3.05, 3.63) is 87.4 Å². The van der Waals surface area contributed by atoms with Crippen LogP contribution in [0.1, 0.15) is 40.7 Å². The van der Waals surface area contributed by atoms with Crippen LogP contribution in [0, 0.1) is 0 Å². The fourth-order valence-corrected chi connectivity index (χ4v) is 6.04. The minimum Gasteiger partial charge on any atom is -0.423 e. The summed E-state index contributed by atoms with van der Waals surface area (Å²) in [5.74, 6) is 0.0770. The van der Waals surface area contributed by atoms with Gasteiger partial charge in [-0.1, -0.05) is 41.8 Å². The Labute approximate surface area is 231 Å². The third-order valence-corrected chi connectivity index (χ3v) is 8.03. The molecule has 0 aliphatic carbocycles. The Morgan fingerprint density at radius 1 is 1.00 bits per heavy atom. The summed E-state index contributed by atoms with van der Waals surface area (Å²) >= 11 is 12.2. The molecule has 37 heavy (non-hydrogen) atoms. The van der Waals surface area contributed by atoms with Crippen LogP contribution in [-0.4, -0.2) is 38.2 Å². The number of ether oxygens (including phenoxy) is 1. The molecule has 3 aromatic carbocycles. The maximum absolute atomic E-state index is 12.9. The van der Waals surface area contributed by atoms with Crippen LogP contribution in [0.3, 0.4) is 0 Å². The number of hydrogen-bond acceptors (Lipinski definition) is 6. The number of carbonyl (C=O) groups is 1. The van der Waals surface area contributed by atoms with Crippen molar-refractivity contribution in [2.45, 2.75) is 30.7 Å². The minimum absolute atomic E-state index is 0. The van der Waals surface area contributed by atoms with Gasteiger partial charge in [0.25, 0.3) is 10.0 Å². The Bertz CT molecular complexity index is 1470. The van der Waals surface area contributed by atoms with Crippen LogP contribution in [0.15, 0.2) is 70.0 Å². The highest BCUT2D eigenvalue weighted by Gasteiger charge is 2.28. The lowest BCUT2D eigenvalue weighted by atomic mass is 10.1. The smallest absolute Gasteiger partial charge is 0.345 e. The van der Waals surface area contributed by atoms with Crippen LogP contribution in [0.4, 0.5) is 5.69 Å². The van der Waals surface area contributed by atoms with Gasteiger partial charge in [-0.15, -0.1) is 16.8 Å². The zero-order chi connectivity index (χ0) is 25.3. The van der Waals surface area contributed by atoms with E-state index in [2.05, 4.69) is 14.6 Å². The van der Waals surface area contributed by atoms with Crippen molar-refractivity contribution in [1.82, 2.24) is 4.90 Å². The number of anilines is 1. The molecular formula is C26H24Cl3N3O4S. The van der Waals surface area contributed by atoms with Crippen LogP contribution >= 0.6 is 35.6 Å². The SMILES string of the molecule is Cl.O=C(Oc1ccc(NC2=NS(=O)(=O)c3ccccc32)cc1CN1CCCCC1)c1ccc(Cl)cc1Cl. The fraction of sp³-hybridized carbons (Fsp3) is 0.231. The summed E-state index contributed by atoms with van der Waals surface area (Å²) < 4.78 is 34.5. The third-order valence-electron chi connectivity index (χ3n) is 6.15. The lowest BCUT2D eigenvalue weighted by Crippen LogP contribution is -2.29. The number of esters is 1. The normalized spacial score (nSPS) is 16.3. The number of piperidine rings is 1. The number of amidine groups is 1. The second-order valence-electron chi connectivity index (χ2n) is 8.71. The van der Waals surface area contributed by atoms with Crippen molar-refractivity contribution in [2.24, 2.45) is 4.40 Å². The number of likely N-dealkylation sites (tertiary alicyclic amines) is 1. The van der Waals surface area contributed by atoms with Gasteiger partial charge >= 0.3 is 5.97 Å². The molecule has 1 fully saturated rings. The number of hydrogen-bond donors (Lipinski definition) is 1. The van der Waals surface area contributed by atoms with Gasteiger partial charge in [-0.25, -0.2) is 4.79 Å². The average molecular weight is 581 g/mol. The number of rotatable bonds is 5. The maximum Gasteiger partial charge on any atom is 0.345 e. The van der Waals surface area contributed by atoms with Crippen molar-refractivity contribution < 1.29 is 17.9 Å². The van der Waals surface area contributed by atoms with Gasteiger partial charge in [0, 0.05) is 28.4 Å². The molecule has 1 N–H and O–H groups in total. The van der Waals surface area contributed by atoms with E-state index in [0.29, 0.717) is 28.6 Å². The van der Waals surface area contributed by atoms with Crippen LogP contribution in [0.5, 0.6) is 5.75 Å². The predicted molar refractivity (Wildman–Crippen MR) is 148 cm³/mol. The van der Waals surface area contributed by atoms with E-state index in [-0.39, 0.29) is 33.7 Å². The Hall–Kier alpha value is -2.62. The van der Waals surface area contributed by atoms with Gasteiger partial charge in [-0.2, -0.15) is 8.42 Å². The molecule has 0 aromatic heterocycles. The highest BCUT2D eigenvalue weighted by Crippen LogP contribution is 2.31. The molecule has 0 radical (unpaired) electrons. The lowest BCUT2D eigenvalue weighted by Gasteiger charge is -2.27. The molecule has 0 spiro atoms. The average Bonchev–Trinajstić information content (AvgIpc) is 3.11. The standard InChI is InChI=1S/C26H23Cl2N3O4S.ClH/c27-18-8-10-20(22(28)15-18)26(32)35-23-11-9-19(14-17(23)16-31-12-4-1-5-13-31)29-25-21-6-2-3-7-24(21)36(33,34)30-25;/h2-3,6-11,14-15H,1,4-5,12-13,16H2,(H,29,30);1H. The monoisotopic (exact) mass is 579 g/mol. The van der Waals surface area contributed by atoms with Crippen LogP contribution < -0.4 is 10.1 Å². The van der Waals surface area contributed by atoms with Gasteiger partial charge in [0.1, 0.15) is 10.6 Å². The Morgan fingerprint density at radius 2 is 1.76 bits per heavy atom. The summed E-state index contributed by atoms with van der Waals surface area (Å²) in [7, 11) is -3.74. The van der Waals surface area contributed by atoms with E-state index in [0.717, 1.165) is 31.5 Å². The summed E-state index contributed by atoms with van der Waals surface area (Å²) in [6, 6.07) is 16.6. The fourth-order valence-electron chi connectivity index (χ4n) is 4.38. The molecule has 194 valence electrons. The van der Waals surface area contributed by atoms with Crippen molar-refractivity contribution in [3.8, 4) is 5.75 Å². The van der Waals surface area contributed by atoms with E-state index < -0.39 is 16.0 Å². The van der Waals surface area contributed by atoms with Gasteiger partial charge in [0.2, 0.25) is 0 Å². The summed E-state index contributed by atoms with van der Waals surface area (Å²) in [6.45, 7) is 2.48. The number of fused-ring (bicyclic) bond motifs is 1. The summed E-state index contributed by atoms with van der Waals surface area (Å²) in [4.78, 5) is 15.4. The molecule has 11 heteroatoms. The first-order chi connectivity index (χ1) is 17.3. The highest BCUT2D eigenvalue weighted by atomic mass is 35.5. The Kier molecular flexibility index (Phi) is 8.46. The van der Waals surface area contributed by atoms with Gasteiger partial charge < -0.3 is 10.1 Å². The minimum atomic E-state index is -3.74. The van der Waals surface area contributed by atoms with Crippen molar-refractivity contribution in [2.75, 3.05) is 18.4 Å². The first kappa shape index (κ1) is 27.4. The lowest BCUT2D eigenvalue weighted by molar-refractivity contribution is 0.0731. The molecule has 1 saturated heterocycles. The van der Waals surface area contributed by atoms with E-state index in [1.165, 1.54) is 24.6 Å². The van der Waals surface area contributed by atoms with Gasteiger partial charge in [-0.05, 0) is 74.5 Å². The van der Waals surface area contributed by atoms with Crippen LogP contribution in [0.25, 0.3) is 0 Å². The van der Waals surface area contributed by atoms with Crippen molar-refractivity contribution >= 4 is 63.1 Å². The number of carbonyl (C=O) groups excluding carboxylic acids is 1. The molecule has 2 heterocycles. The van der Waals surface area contributed by atoms with E-state index in [9.17, 15) is 13.2 Å². The van der Waals surface area contributed by atoms with E-state index >= 15 is 0 Å². The molecule has 7 nitrogen and oxygen atoms in total. The number of nitrogens with zero attached hydrogens (tertiary/aromatic N) is 2. The van der Waals surface area contributed by atoms with E-state index in [1.54, 1.807) is 36.4 Å². The second kappa shape index (κ2) is 11.4. The van der Waals surface area contributed by atoms with Crippen LogP contribution in [0.2, 0.25) is 10.0 Å². The molecule has 2 aliphatic rings. The predicted octanol–water partition coefficient (Wildman–Crippen LogP) is 6.18. The molecule has 3 aromatic rings. The van der Waals surface area contributed by atoms with E-state index in [4.69, 9.17) is 27.9 Å².